The number of amides is 2. The van der Waals surface area contributed by atoms with Gasteiger partial charge in [-0.25, -0.2) is 0 Å². The van der Waals surface area contributed by atoms with Gasteiger partial charge in [-0.15, -0.1) is 0 Å². The first-order valence-electron chi connectivity index (χ1n) is 8.11. The third-order valence-electron chi connectivity index (χ3n) is 3.63. The van der Waals surface area contributed by atoms with E-state index in [1.807, 2.05) is 6.92 Å². The molecule has 0 aliphatic carbocycles. The van der Waals surface area contributed by atoms with E-state index in [-0.39, 0.29) is 24.7 Å². The zero-order valence-corrected chi connectivity index (χ0v) is 14.3. The Hall–Kier alpha value is -2.38. The summed E-state index contributed by atoms with van der Waals surface area (Å²) in [7, 11) is 0. The van der Waals surface area contributed by atoms with Crippen LogP contribution < -0.4 is 15.8 Å². The molecule has 2 rings (SSSR count). The van der Waals surface area contributed by atoms with E-state index < -0.39 is 5.91 Å². The van der Waals surface area contributed by atoms with E-state index in [1.165, 1.54) is 0 Å². The molecule has 1 saturated heterocycles. The van der Waals surface area contributed by atoms with Gasteiger partial charge in [0.15, 0.2) is 0 Å². The van der Waals surface area contributed by atoms with E-state index in [9.17, 15) is 9.59 Å². The number of rotatable bonds is 8. The first-order chi connectivity index (χ1) is 12.0. The third-order valence-corrected chi connectivity index (χ3v) is 3.63. The molecule has 7 nitrogen and oxygen atoms in total. The third kappa shape index (κ3) is 6.21. The van der Waals surface area contributed by atoms with E-state index in [0.717, 1.165) is 5.57 Å². The van der Waals surface area contributed by atoms with Crippen LogP contribution in [0.2, 0.25) is 0 Å². The van der Waals surface area contributed by atoms with Gasteiger partial charge in [-0.05, 0) is 37.1 Å². The number of nitrogens with two attached hydrogens (primary N) is 1. The molecule has 0 unspecified atom stereocenters. The van der Waals surface area contributed by atoms with Crippen molar-refractivity contribution in [3.05, 3.63) is 42.0 Å². The Labute approximate surface area is 147 Å². The van der Waals surface area contributed by atoms with Crippen LogP contribution in [0.25, 0.3) is 0 Å². The normalized spacial score (nSPS) is 19.9. The van der Waals surface area contributed by atoms with Gasteiger partial charge in [0.1, 0.15) is 19.0 Å². The molecule has 1 fully saturated rings. The van der Waals surface area contributed by atoms with Crippen LogP contribution >= 0.6 is 0 Å². The van der Waals surface area contributed by atoms with Crippen molar-refractivity contribution in [3.8, 4) is 5.75 Å². The minimum Gasteiger partial charge on any atom is -0.489 e. The quantitative estimate of drug-likeness (QED) is 0.684. The van der Waals surface area contributed by atoms with Crippen LogP contribution in [0.3, 0.4) is 0 Å². The summed E-state index contributed by atoms with van der Waals surface area (Å²) in [5.74, 6) is -0.208. The van der Waals surface area contributed by atoms with Crippen molar-refractivity contribution in [2.45, 2.75) is 25.5 Å². The Morgan fingerprint density at radius 2 is 2.20 bits per heavy atom. The first-order valence-corrected chi connectivity index (χ1v) is 8.11. The SMILES string of the molecule is C=C(C)COc1cccc(C(=O)N[C@@H]2COCC[C@@H]2OCC(N)=O)c1. The molecule has 0 radical (unpaired) electrons. The fourth-order valence-corrected chi connectivity index (χ4v) is 2.43. The molecule has 1 aromatic carbocycles. The molecule has 0 aromatic heterocycles. The van der Waals surface area contributed by atoms with Gasteiger partial charge >= 0.3 is 0 Å². The lowest BCUT2D eigenvalue weighted by atomic mass is 10.1. The molecule has 0 bridgehead atoms. The molecule has 1 aliphatic rings. The first kappa shape index (κ1) is 19.0. The van der Waals surface area contributed by atoms with Crippen molar-refractivity contribution in [2.75, 3.05) is 26.4 Å². The van der Waals surface area contributed by atoms with E-state index >= 15 is 0 Å². The van der Waals surface area contributed by atoms with E-state index in [0.29, 0.717) is 37.6 Å². The number of carbonyl (C=O) groups is 2. The molecule has 1 heterocycles. The zero-order valence-electron chi connectivity index (χ0n) is 14.3. The van der Waals surface area contributed by atoms with Crippen molar-refractivity contribution in [2.24, 2.45) is 5.73 Å². The molecule has 3 N–H and O–H groups in total. The van der Waals surface area contributed by atoms with E-state index in [2.05, 4.69) is 11.9 Å². The molecule has 136 valence electrons. The van der Waals surface area contributed by atoms with Crippen molar-refractivity contribution < 1.29 is 23.8 Å². The summed E-state index contributed by atoms with van der Waals surface area (Å²) < 4.78 is 16.4. The molecular formula is C18H24N2O5. The Balaban J connectivity index is 1.98. The van der Waals surface area contributed by atoms with Crippen LogP contribution in [0.1, 0.15) is 23.7 Å². The number of primary amides is 1. The number of hydrogen-bond donors (Lipinski definition) is 2. The molecule has 25 heavy (non-hydrogen) atoms. The molecule has 1 aromatic rings. The molecular weight excluding hydrogens is 324 g/mol. The molecule has 0 saturated carbocycles. The summed E-state index contributed by atoms with van der Waals surface area (Å²) >= 11 is 0. The Bertz CT molecular complexity index is 632. The zero-order chi connectivity index (χ0) is 18.2. The number of ether oxygens (including phenoxy) is 3. The van der Waals surface area contributed by atoms with Crippen molar-refractivity contribution in [1.82, 2.24) is 5.32 Å². The van der Waals surface area contributed by atoms with Crippen LogP contribution in [0.15, 0.2) is 36.4 Å². The average Bonchev–Trinajstić information content (AvgIpc) is 2.59. The Kier molecular flexibility index (Phi) is 6.97. The number of nitrogens with one attached hydrogen (secondary N) is 1. The topological polar surface area (TPSA) is 99.9 Å². The minimum atomic E-state index is -0.543. The summed E-state index contributed by atoms with van der Waals surface area (Å²) in [6, 6.07) is 6.55. The highest BCUT2D eigenvalue weighted by molar-refractivity contribution is 5.94. The van der Waals surface area contributed by atoms with Crippen LogP contribution in [0.5, 0.6) is 5.75 Å². The Morgan fingerprint density at radius 3 is 2.92 bits per heavy atom. The van der Waals surface area contributed by atoms with Gasteiger partial charge in [-0.3, -0.25) is 9.59 Å². The van der Waals surface area contributed by atoms with Crippen LogP contribution in [0.4, 0.5) is 0 Å². The summed E-state index contributed by atoms with van der Waals surface area (Å²) in [6.45, 7) is 6.69. The second-order valence-corrected chi connectivity index (χ2v) is 6.03. The average molecular weight is 348 g/mol. The highest BCUT2D eigenvalue weighted by Crippen LogP contribution is 2.16. The largest absolute Gasteiger partial charge is 0.489 e. The predicted molar refractivity (Wildman–Crippen MR) is 92.4 cm³/mol. The highest BCUT2D eigenvalue weighted by atomic mass is 16.5. The summed E-state index contributed by atoms with van der Waals surface area (Å²) in [5, 5.41) is 2.89. The summed E-state index contributed by atoms with van der Waals surface area (Å²) in [4.78, 5) is 23.4. The molecule has 7 heteroatoms. The maximum absolute atomic E-state index is 12.5. The van der Waals surface area contributed by atoms with Gasteiger partial charge in [0.2, 0.25) is 5.91 Å². The lowest BCUT2D eigenvalue weighted by Gasteiger charge is -2.31. The lowest BCUT2D eigenvalue weighted by molar-refractivity contribution is -0.128. The van der Waals surface area contributed by atoms with Crippen molar-refractivity contribution in [1.29, 1.82) is 0 Å². The van der Waals surface area contributed by atoms with Gasteiger partial charge in [0, 0.05) is 12.2 Å². The van der Waals surface area contributed by atoms with Crippen LogP contribution in [-0.2, 0) is 14.3 Å². The monoisotopic (exact) mass is 348 g/mol. The van der Waals surface area contributed by atoms with E-state index in [4.69, 9.17) is 19.9 Å². The second-order valence-electron chi connectivity index (χ2n) is 6.03. The smallest absolute Gasteiger partial charge is 0.251 e. The van der Waals surface area contributed by atoms with Gasteiger partial charge in [-0.1, -0.05) is 12.6 Å². The predicted octanol–water partition coefficient (Wildman–Crippen LogP) is 1.03. The standard InChI is InChI=1S/C18H24N2O5/c1-12(2)9-24-14-5-3-4-13(8-14)18(22)20-15-10-23-7-6-16(15)25-11-17(19)21/h3-5,8,15-16H,1,6-7,9-11H2,2H3,(H2,19,21)(H,20,22)/t15-,16+/m1/s1. The second kappa shape index (κ2) is 9.19. The molecule has 1 aliphatic heterocycles. The number of benzene rings is 1. The van der Waals surface area contributed by atoms with Crippen molar-refractivity contribution >= 4 is 11.8 Å². The number of hydrogen-bond acceptors (Lipinski definition) is 5. The highest BCUT2D eigenvalue weighted by Gasteiger charge is 2.28. The minimum absolute atomic E-state index is 0.179. The maximum atomic E-state index is 12.5. The van der Waals surface area contributed by atoms with Gasteiger partial charge < -0.3 is 25.3 Å². The maximum Gasteiger partial charge on any atom is 0.251 e. The fourth-order valence-electron chi connectivity index (χ4n) is 2.43. The van der Waals surface area contributed by atoms with E-state index in [1.54, 1.807) is 24.3 Å². The van der Waals surface area contributed by atoms with Crippen molar-refractivity contribution in [3.63, 3.8) is 0 Å². The molecule has 0 spiro atoms. The Morgan fingerprint density at radius 1 is 1.40 bits per heavy atom. The molecule has 2 amide bonds. The fraction of sp³-hybridized carbons (Fsp3) is 0.444. The van der Waals surface area contributed by atoms with Gasteiger partial charge in [0.25, 0.3) is 5.91 Å². The van der Waals surface area contributed by atoms with Crippen LogP contribution in [0, 0.1) is 0 Å². The number of carbonyl (C=O) groups excluding carboxylic acids is 2. The summed E-state index contributed by atoms with van der Waals surface area (Å²) in [5.41, 5.74) is 6.47. The van der Waals surface area contributed by atoms with Gasteiger partial charge in [0.05, 0.1) is 18.8 Å². The lowest BCUT2D eigenvalue weighted by Crippen LogP contribution is -2.51. The molecule has 2 atom stereocenters. The van der Waals surface area contributed by atoms with Crippen LogP contribution in [-0.4, -0.2) is 50.4 Å². The van der Waals surface area contributed by atoms with Gasteiger partial charge in [-0.2, -0.15) is 0 Å². The summed E-state index contributed by atoms with van der Waals surface area (Å²) in [6.07, 6.45) is 0.271.